The van der Waals surface area contributed by atoms with Crippen molar-refractivity contribution in [2.75, 3.05) is 14.1 Å². The molecule has 0 saturated carbocycles. The van der Waals surface area contributed by atoms with Crippen LogP contribution in [0.25, 0.3) is 65.7 Å². The second-order valence-electron chi connectivity index (χ2n) is 18.9. The average Bonchev–Trinajstić information content (AvgIpc) is 3.30. The van der Waals surface area contributed by atoms with Crippen LogP contribution in [0.1, 0.15) is 106 Å². The molecule has 3 aliphatic carbocycles. The molecule has 6 nitrogen and oxygen atoms in total. The zero-order valence-electron chi connectivity index (χ0n) is 36.6. The van der Waals surface area contributed by atoms with Crippen LogP contribution >= 0.6 is 0 Å². The molecule has 0 spiro atoms. The molecule has 5 aliphatic rings. The quantitative estimate of drug-likeness (QED) is 0.142. The van der Waals surface area contributed by atoms with Gasteiger partial charge in [0.15, 0.2) is 6.23 Å². The van der Waals surface area contributed by atoms with E-state index in [1.807, 2.05) is 0 Å². The van der Waals surface area contributed by atoms with E-state index in [-0.39, 0.29) is 29.6 Å². The number of rotatable bonds is 4. The maximum atomic E-state index is 14.9. The lowest BCUT2D eigenvalue weighted by Crippen LogP contribution is -2.46. The smallest absolute Gasteiger partial charge is 0.260 e. The van der Waals surface area contributed by atoms with Gasteiger partial charge >= 0.3 is 0 Å². The third-order valence-electron chi connectivity index (χ3n) is 15.7. The molecule has 3 amide bonds. The molecule has 6 heteroatoms. The molecular formula is C58H44N2O4. The van der Waals surface area contributed by atoms with E-state index < -0.39 is 12.1 Å². The molecule has 4 unspecified atom stereocenters. The number of carbonyl (C=O) groups excluding carboxylic acids is 3. The molecule has 8 aromatic rings. The van der Waals surface area contributed by atoms with Gasteiger partial charge in [-0.1, -0.05) is 97.1 Å². The highest BCUT2D eigenvalue weighted by atomic mass is 16.3. The summed E-state index contributed by atoms with van der Waals surface area (Å²) in [6.45, 7) is 8.60. The minimum absolute atomic E-state index is 0.168. The summed E-state index contributed by atoms with van der Waals surface area (Å²) in [5, 5.41) is 18.1. The Balaban J connectivity index is 1.38. The Morgan fingerprint density at radius 3 is 1.64 bits per heavy atom. The molecule has 0 saturated heterocycles. The van der Waals surface area contributed by atoms with Crippen molar-refractivity contribution in [3.8, 4) is 22.3 Å². The lowest BCUT2D eigenvalue weighted by molar-refractivity contribution is -0.130. The van der Waals surface area contributed by atoms with E-state index in [4.69, 9.17) is 0 Å². The highest BCUT2D eigenvalue weighted by Gasteiger charge is 2.53. The molecule has 64 heavy (non-hydrogen) atoms. The number of imide groups is 1. The largest absolute Gasteiger partial charge is 0.369 e. The van der Waals surface area contributed by atoms with Gasteiger partial charge < -0.3 is 10.0 Å². The van der Waals surface area contributed by atoms with Crippen LogP contribution in [0.3, 0.4) is 0 Å². The fraction of sp³-hybridized carbons (Fsp3) is 0.190. The fourth-order valence-corrected chi connectivity index (χ4v) is 12.9. The Hall–Kier alpha value is -7.15. The first-order chi connectivity index (χ1) is 31.0. The van der Waals surface area contributed by atoms with Crippen LogP contribution in [0.2, 0.25) is 0 Å². The number of likely N-dealkylation sites (N-methyl/N-ethyl adjacent to an activating group) is 1. The monoisotopic (exact) mass is 832 g/mol. The van der Waals surface area contributed by atoms with Gasteiger partial charge in [0.1, 0.15) is 0 Å². The summed E-state index contributed by atoms with van der Waals surface area (Å²) in [5.41, 5.74) is 19.0. The molecule has 1 N–H and O–H groups in total. The second-order valence-corrected chi connectivity index (χ2v) is 18.9. The van der Waals surface area contributed by atoms with Gasteiger partial charge in [0, 0.05) is 42.1 Å². The van der Waals surface area contributed by atoms with Gasteiger partial charge in [-0.2, -0.15) is 0 Å². The predicted molar refractivity (Wildman–Crippen MR) is 254 cm³/mol. The fourth-order valence-electron chi connectivity index (χ4n) is 12.9. The minimum atomic E-state index is -1.18. The molecule has 4 atom stereocenters. The van der Waals surface area contributed by atoms with Crippen LogP contribution in [0.5, 0.6) is 0 Å². The van der Waals surface area contributed by atoms with Crippen LogP contribution in [0, 0.1) is 33.6 Å². The van der Waals surface area contributed by atoms with Crippen LogP contribution in [-0.4, -0.2) is 46.7 Å². The molecule has 0 fully saturated rings. The van der Waals surface area contributed by atoms with E-state index in [0.717, 1.165) is 116 Å². The van der Waals surface area contributed by atoms with Crippen molar-refractivity contribution < 1.29 is 19.5 Å². The zero-order chi connectivity index (χ0) is 43.8. The van der Waals surface area contributed by atoms with Crippen molar-refractivity contribution in [1.82, 2.24) is 9.80 Å². The third kappa shape index (κ3) is 4.46. The topological polar surface area (TPSA) is 77.9 Å². The molecule has 2 heterocycles. The molecule has 310 valence electrons. The van der Waals surface area contributed by atoms with Crippen molar-refractivity contribution >= 4 is 61.2 Å². The van der Waals surface area contributed by atoms with Gasteiger partial charge in [0.25, 0.3) is 11.8 Å². The summed E-state index contributed by atoms with van der Waals surface area (Å²) in [6.07, 6.45) is -0.660. The Labute approximate surface area is 371 Å². The van der Waals surface area contributed by atoms with E-state index in [0.29, 0.717) is 23.1 Å². The van der Waals surface area contributed by atoms with Crippen LogP contribution < -0.4 is 0 Å². The number of aliphatic hydroxyl groups excluding tert-OH is 1. The maximum Gasteiger partial charge on any atom is 0.260 e. The first-order valence-corrected chi connectivity index (χ1v) is 22.4. The molecular weight excluding hydrogens is 789 g/mol. The van der Waals surface area contributed by atoms with E-state index in [2.05, 4.69) is 143 Å². The van der Waals surface area contributed by atoms with Gasteiger partial charge in [-0.3, -0.25) is 19.3 Å². The standard InChI is InChI=1S/C58H44N2O4/c1-27-15-7-11-19-31(27)43-35-23-39-47-41(57(63)59(5)55(39)61)25-37-45(33-21-13-9-17-29(33)3)46(34-22-14-10-18-30(34)4)38-26-42-48-40(56(62)60(6)58(42)64)24-36(44(43)32-20-12-8-16-28(32)2)50-49(35)53(47)51(37)52(38)54(48)50/h7-25,38,42,52,57,63H,26H2,1-6H3. The SMILES string of the molecule is Cc1ccccc1C1=C(c2ccccc2C)C2CC3C(=O)N(C)C(=O)c4cc5c(-c6ccccc6C)c(-c6ccccc6C)c6cc7c8c(cc1c1c8c6c5c(c43)C12)C(O)N(C)C7=O. The summed E-state index contributed by atoms with van der Waals surface area (Å²) in [7, 11) is 3.34. The van der Waals surface area contributed by atoms with Crippen molar-refractivity contribution in [2.45, 2.75) is 52.2 Å². The summed E-state index contributed by atoms with van der Waals surface area (Å²) in [6, 6.07) is 40.4. The Bertz CT molecular complexity index is 3610. The van der Waals surface area contributed by atoms with Crippen LogP contribution in [0.4, 0.5) is 0 Å². The Kier molecular flexibility index (Phi) is 7.45. The normalized spacial score (nSPS) is 20.3. The van der Waals surface area contributed by atoms with Crippen LogP contribution in [0.15, 0.2) is 115 Å². The third-order valence-corrected chi connectivity index (χ3v) is 15.7. The number of benzene rings is 8. The van der Waals surface area contributed by atoms with Crippen molar-refractivity contribution in [3.05, 3.63) is 188 Å². The van der Waals surface area contributed by atoms with Crippen molar-refractivity contribution in [3.63, 3.8) is 0 Å². The predicted octanol–water partition coefficient (Wildman–Crippen LogP) is 11.9. The second kappa shape index (κ2) is 12.7. The van der Waals surface area contributed by atoms with Crippen LogP contribution in [-0.2, 0) is 4.79 Å². The minimum Gasteiger partial charge on any atom is -0.369 e. The van der Waals surface area contributed by atoms with E-state index in [1.54, 1.807) is 14.1 Å². The van der Waals surface area contributed by atoms with Gasteiger partial charge in [-0.15, -0.1) is 0 Å². The number of hydrogen-bond donors (Lipinski definition) is 1. The number of amides is 3. The number of allylic oxidation sites excluding steroid dienone is 1. The van der Waals surface area contributed by atoms with E-state index >= 15 is 0 Å². The van der Waals surface area contributed by atoms with Gasteiger partial charge in [0.05, 0.1) is 5.92 Å². The van der Waals surface area contributed by atoms with Crippen molar-refractivity contribution in [2.24, 2.45) is 5.92 Å². The summed E-state index contributed by atoms with van der Waals surface area (Å²) in [5.74, 6) is -1.64. The number of aliphatic hydroxyl groups is 1. The summed E-state index contributed by atoms with van der Waals surface area (Å²) in [4.78, 5) is 47.4. The summed E-state index contributed by atoms with van der Waals surface area (Å²) < 4.78 is 0. The zero-order valence-corrected chi connectivity index (χ0v) is 36.6. The van der Waals surface area contributed by atoms with Crippen molar-refractivity contribution in [1.29, 1.82) is 0 Å². The Morgan fingerprint density at radius 1 is 0.516 bits per heavy atom. The number of aryl methyl sites for hydroxylation is 4. The van der Waals surface area contributed by atoms with Gasteiger partial charge in [-0.25, -0.2) is 0 Å². The molecule has 0 bridgehead atoms. The van der Waals surface area contributed by atoms with Gasteiger partial charge in [-0.05, 0) is 174 Å². The first kappa shape index (κ1) is 37.4. The average molecular weight is 833 g/mol. The molecule has 0 radical (unpaired) electrons. The molecule has 0 aromatic heterocycles. The highest BCUT2D eigenvalue weighted by Crippen LogP contribution is 2.67. The highest BCUT2D eigenvalue weighted by molar-refractivity contribution is 6.36. The summed E-state index contributed by atoms with van der Waals surface area (Å²) >= 11 is 0. The Morgan fingerprint density at radius 2 is 1.05 bits per heavy atom. The van der Waals surface area contributed by atoms with E-state index in [9.17, 15) is 19.5 Å². The lowest BCUT2D eigenvalue weighted by Gasteiger charge is -2.50. The van der Waals surface area contributed by atoms with Gasteiger partial charge in [0.2, 0.25) is 5.91 Å². The maximum absolute atomic E-state index is 14.9. The number of hydrogen-bond acceptors (Lipinski definition) is 4. The van der Waals surface area contributed by atoms with E-state index in [1.165, 1.54) is 15.4 Å². The first-order valence-electron chi connectivity index (χ1n) is 22.4. The molecule has 8 aromatic carbocycles. The number of nitrogens with zero attached hydrogens (tertiary/aromatic N) is 2. The number of carbonyl (C=O) groups is 3. The molecule has 2 aliphatic heterocycles. The molecule has 13 rings (SSSR count). The lowest BCUT2D eigenvalue weighted by atomic mass is 9.54.